The minimum atomic E-state index is -0.345. The van der Waals surface area contributed by atoms with E-state index in [1.54, 1.807) is 13.0 Å². The van der Waals surface area contributed by atoms with Crippen LogP contribution in [-0.4, -0.2) is 23.9 Å². The van der Waals surface area contributed by atoms with Crippen LogP contribution in [0.4, 0.5) is 5.69 Å². The zero-order valence-electron chi connectivity index (χ0n) is 10.0. The molecule has 0 fully saturated rings. The molecule has 1 rings (SSSR count). The number of hydrogen-bond acceptors (Lipinski definition) is 3. The summed E-state index contributed by atoms with van der Waals surface area (Å²) in [6.07, 6.45) is 3.87. The summed E-state index contributed by atoms with van der Waals surface area (Å²) in [5.41, 5.74) is 2.79. The van der Waals surface area contributed by atoms with Gasteiger partial charge in [0.2, 0.25) is 0 Å². The van der Waals surface area contributed by atoms with E-state index in [1.165, 1.54) is 0 Å². The predicted molar refractivity (Wildman–Crippen MR) is 65.3 cm³/mol. The molecule has 0 aromatic heterocycles. The van der Waals surface area contributed by atoms with E-state index in [0.29, 0.717) is 5.56 Å². The summed E-state index contributed by atoms with van der Waals surface area (Å²) in [5, 5.41) is 10.7. The van der Waals surface area contributed by atoms with Gasteiger partial charge >= 0.3 is 0 Å². The summed E-state index contributed by atoms with van der Waals surface area (Å²) >= 11 is 0. The van der Waals surface area contributed by atoms with Crippen molar-refractivity contribution in [3.63, 3.8) is 0 Å². The first kappa shape index (κ1) is 12.2. The predicted octanol–water partition coefficient (Wildman–Crippen LogP) is 2.74. The summed E-state index contributed by atoms with van der Waals surface area (Å²) in [6, 6.07) is 3.46. The largest absolute Gasteiger partial charge is 0.383 e. The van der Waals surface area contributed by atoms with E-state index in [2.05, 4.69) is 0 Å². The highest BCUT2D eigenvalue weighted by molar-refractivity contribution is 5.59. The van der Waals surface area contributed by atoms with Gasteiger partial charge in [-0.05, 0) is 43.3 Å². The standard InChI is InChI=1S/C12H16N2O2/c1-9-8-12(14(15)16)10(2)7-11(9)5-6-13(3)4/h5-8H,1-4H3. The molecule has 0 saturated heterocycles. The summed E-state index contributed by atoms with van der Waals surface area (Å²) in [7, 11) is 3.87. The molecule has 0 aliphatic carbocycles. The maximum Gasteiger partial charge on any atom is 0.272 e. The molecule has 0 N–H and O–H groups in total. The number of nitrogens with zero attached hydrogens (tertiary/aromatic N) is 2. The van der Waals surface area contributed by atoms with Gasteiger partial charge in [-0.3, -0.25) is 10.1 Å². The molecule has 0 aliphatic rings. The highest BCUT2D eigenvalue weighted by Gasteiger charge is 2.11. The van der Waals surface area contributed by atoms with Crippen molar-refractivity contribution in [2.24, 2.45) is 0 Å². The van der Waals surface area contributed by atoms with Crippen molar-refractivity contribution in [2.45, 2.75) is 13.8 Å². The van der Waals surface area contributed by atoms with Crippen LogP contribution in [0.3, 0.4) is 0 Å². The first-order valence-electron chi connectivity index (χ1n) is 5.02. The molecule has 4 nitrogen and oxygen atoms in total. The van der Waals surface area contributed by atoms with Crippen LogP contribution in [0.5, 0.6) is 0 Å². The van der Waals surface area contributed by atoms with Gasteiger partial charge in [-0.25, -0.2) is 0 Å². The van der Waals surface area contributed by atoms with Gasteiger partial charge in [0.25, 0.3) is 5.69 Å². The fourth-order valence-corrected chi connectivity index (χ4v) is 1.43. The van der Waals surface area contributed by atoms with Crippen LogP contribution in [-0.2, 0) is 0 Å². The number of rotatable bonds is 3. The summed E-state index contributed by atoms with van der Waals surface area (Å²) < 4.78 is 0. The molecule has 1 aromatic rings. The van der Waals surface area contributed by atoms with Gasteiger partial charge in [0, 0.05) is 25.7 Å². The van der Waals surface area contributed by atoms with Gasteiger partial charge in [0.1, 0.15) is 0 Å². The Morgan fingerprint density at radius 2 is 1.88 bits per heavy atom. The Kier molecular flexibility index (Phi) is 3.66. The molecule has 0 heterocycles. The highest BCUT2D eigenvalue weighted by Crippen LogP contribution is 2.23. The van der Waals surface area contributed by atoms with Gasteiger partial charge in [0.05, 0.1) is 4.92 Å². The Hall–Kier alpha value is -1.84. The maximum absolute atomic E-state index is 10.7. The first-order chi connectivity index (χ1) is 7.41. The highest BCUT2D eigenvalue weighted by atomic mass is 16.6. The van der Waals surface area contributed by atoms with Crippen LogP contribution in [0, 0.1) is 24.0 Å². The lowest BCUT2D eigenvalue weighted by Crippen LogP contribution is -2.00. The number of aryl methyl sites for hydroxylation is 2. The molecular weight excluding hydrogens is 204 g/mol. The molecule has 86 valence electrons. The van der Waals surface area contributed by atoms with Crippen molar-refractivity contribution in [3.05, 3.63) is 45.1 Å². The lowest BCUT2D eigenvalue weighted by Gasteiger charge is -2.06. The average molecular weight is 220 g/mol. The van der Waals surface area contributed by atoms with Crippen molar-refractivity contribution in [1.29, 1.82) is 0 Å². The topological polar surface area (TPSA) is 46.4 Å². The summed E-state index contributed by atoms with van der Waals surface area (Å²) in [6.45, 7) is 3.63. The smallest absolute Gasteiger partial charge is 0.272 e. The summed E-state index contributed by atoms with van der Waals surface area (Å²) in [4.78, 5) is 12.3. The second-order valence-corrected chi connectivity index (χ2v) is 4.03. The van der Waals surface area contributed by atoms with E-state index in [9.17, 15) is 10.1 Å². The molecule has 16 heavy (non-hydrogen) atoms. The molecule has 0 saturated carbocycles. The minimum Gasteiger partial charge on any atom is -0.383 e. The third-order valence-electron chi connectivity index (χ3n) is 2.33. The van der Waals surface area contributed by atoms with Crippen molar-refractivity contribution in [1.82, 2.24) is 4.90 Å². The van der Waals surface area contributed by atoms with E-state index < -0.39 is 0 Å². The van der Waals surface area contributed by atoms with Crippen molar-refractivity contribution in [2.75, 3.05) is 14.1 Å². The molecule has 0 amide bonds. The minimum absolute atomic E-state index is 0.180. The molecule has 0 spiro atoms. The second kappa shape index (κ2) is 4.79. The third kappa shape index (κ3) is 2.82. The van der Waals surface area contributed by atoms with Crippen LogP contribution in [0.15, 0.2) is 18.3 Å². The second-order valence-electron chi connectivity index (χ2n) is 4.03. The lowest BCUT2D eigenvalue weighted by atomic mass is 10.0. The molecular formula is C12H16N2O2. The molecule has 0 radical (unpaired) electrons. The van der Waals surface area contributed by atoms with Crippen LogP contribution >= 0.6 is 0 Å². The third-order valence-corrected chi connectivity index (χ3v) is 2.33. The van der Waals surface area contributed by atoms with Gasteiger partial charge in [-0.15, -0.1) is 0 Å². The SMILES string of the molecule is Cc1cc([N+](=O)[O-])c(C)cc1C=CN(C)C. The molecule has 4 heteroatoms. The number of nitro groups is 1. The Morgan fingerprint density at radius 3 is 2.38 bits per heavy atom. The monoisotopic (exact) mass is 220 g/mol. The normalized spacial score (nSPS) is 10.8. The van der Waals surface area contributed by atoms with E-state index in [-0.39, 0.29) is 10.6 Å². The van der Waals surface area contributed by atoms with E-state index >= 15 is 0 Å². The molecule has 1 aromatic carbocycles. The molecule has 0 bridgehead atoms. The Labute approximate surface area is 95.3 Å². The maximum atomic E-state index is 10.7. The zero-order chi connectivity index (χ0) is 12.3. The van der Waals surface area contributed by atoms with E-state index in [4.69, 9.17) is 0 Å². The summed E-state index contributed by atoms with van der Waals surface area (Å²) in [5.74, 6) is 0. The van der Waals surface area contributed by atoms with Crippen LogP contribution in [0.25, 0.3) is 6.08 Å². The van der Waals surface area contributed by atoms with Gasteiger partial charge in [0.15, 0.2) is 0 Å². The van der Waals surface area contributed by atoms with Gasteiger partial charge in [-0.2, -0.15) is 0 Å². The van der Waals surface area contributed by atoms with Crippen molar-refractivity contribution < 1.29 is 4.92 Å². The zero-order valence-corrected chi connectivity index (χ0v) is 10.0. The molecule has 0 unspecified atom stereocenters. The number of hydrogen-bond donors (Lipinski definition) is 0. The number of benzene rings is 1. The van der Waals surface area contributed by atoms with Gasteiger partial charge in [-0.1, -0.05) is 0 Å². The Morgan fingerprint density at radius 1 is 1.25 bits per heavy atom. The average Bonchev–Trinajstić information content (AvgIpc) is 2.18. The quantitative estimate of drug-likeness (QED) is 0.581. The van der Waals surface area contributed by atoms with Crippen molar-refractivity contribution in [3.8, 4) is 0 Å². The first-order valence-corrected chi connectivity index (χ1v) is 5.02. The van der Waals surface area contributed by atoms with Crippen LogP contribution < -0.4 is 0 Å². The number of nitro benzene ring substituents is 1. The van der Waals surface area contributed by atoms with Crippen LogP contribution in [0.2, 0.25) is 0 Å². The molecule has 0 aliphatic heterocycles. The fourth-order valence-electron chi connectivity index (χ4n) is 1.43. The Balaban J connectivity index is 3.15. The van der Waals surface area contributed by atoms with Crippen LogP contribution in [0.1, 0.15) is 16.7 Å². The van der Waals surface area contributed by atoms with Gasteiger partial charge < -0.3 is 4.90 Å². The Bertz CT molecular complexity index is 437. The lowest BCUT2D eigenvalue weighted by molar-refractivity contribution is -0.385. The van der Waals surface area contributed by atoms with E-state index in [0.717, 1.165) is 11.1 Å². The van der Waals surface area contributed by atoms with Crippen molar-refractivity contribution >= 4 is 11.8 Å². The molecule has 0 atom stereocenters. The fraction of sp³-hybridized carbons (Fsp3) is 0.333. The van der Waals surface area contributed by atoms with E-state index in [1.807, 2.05) is 44.3 Å².